The summed E-state index contributed by atoms with van der Waals surface area (Å²) in [7, 11) is -4.23. The van der Waals surface area contributed by atoms with Crippen LogP contribution in [-0.2, 0) is 10.1 Å². The third-order valence-corrected chi connectivity index (χ3v) is 3.45. The number of nitro benzene ring substituents is 1. The highest BCUT2D eigenvalue weighted by Gasteiger charge is 2.08. The molecule has 0 atom stereocenters. The minimum Gasteiger partial charge on any atom is -0.282 e. The van der Waals surface area contributed by atoms with Gasteiger partial charge in [0.2, 0.25) is 0 Å². The summed E-state index contributed by atoms with van der Waals surface area (Å²) in [5.74, 6) is 0. The van der Waals surface area contributed by atoms with E-state index in [0.717, 1.165) is 0 Å². The maximum absolute atomic E-state index is 10.9. The van der Waals surface area contributed by atoms with Crippen LogP contribution in [0.4, 0.5) is 11.4 Å². The molecule has 0 aliphatic heterocycles. The predicted octanol–water partition coefficient (Wildman–Crippen LogP) is 2.59. The van der Waals surface area contributed by atoms with E-state index in [-0.39, 0.29) is 10.6 Å². The molecule has 0 fully saturated rings. The van der Waals surface area contributed by atoms with Crippen molar-refractivity contribution < 1.29 is 17.9 Å². The van der Waals surface area contributed by atoms with Crippen molar-refractivity contribution in [1.29, 1.82) is 0 Å². The van der Waals surface area contributed by atoms with Gasteiger partial charge in [-0.1, -0.05) is 12.1 Å². The maximum atomic E-state index is 10.9. The van der Waals surface area contributed by atoms with E-state index in [1.54, 1.807) is 12.1 Å². The molecule has 0 bridgehead atoms. The van der Waals surface area contributed by atoms with E-state index in [1.165, 1.54) is 42.6 Å². The molecule has 0 saturated heterocycles. The van der Waals surface area contributed by atoms with Crippen LogP contribution >= 0.6 is 0 Å². The molecule has 108 valence electrons. The molecule has 0 aliphatic rings. The van der Waals surface area contributed by atoms with Gasteiger partial charge in [-0.2, -0.15) is 8.42 Å². The number of hydrogen-bond acceptors (Lipinski definition) is 5. The molecule has 0 aliphatic carbocycles. The molecule has 0 heterocycles. The SMILES string of the molecule is O=[N+]([O-])c1cccc(C=Nc2ccc(S(=O)(=O)O)cc2)c1. The van der Waals surface area contributed by atoms with E-state index < -0.39 is 15.0 Å². The van der Waals surface area contributed by atoms with Crippen molar-refractivity contribution in [2.75, 3.05) is 0 Å². The van der Waals surface area contributed by atoms with Gasteiger partial charge in [0.05, 0.1) is 15.5 Å². The summed E-state index contributed by atoms with van der Waals surface area (Å²) in [5, 5.41) is 10.6. The van der Waals surface area contributed by atoms with Crippen LogP contribution in [0.1, 0.15) is 5.56 Å². The van der Waals surface area contributed by atoms with Gasteiger partial charge in [0, 0.05) is 18.3 Å². The van der Waals surface area contributed by atoms with E-state index in [1.807, 2.05) is 0 Å². The molecule has 7 nitrogen and oxygen atoms in total. The summed E-state index contributed by atoms with van der Waals surface area (Å²) < 4.78 is 30.6. The molecule has 0 saturated carbocycles. The van der Waals surface area contributed by atoms with Crippen LogP contribution in [0.5, 0.6) is 0 Å². The van der Waals surface area contributed by atoms with Gasteiger partial charge in [0.15, 0.2) is 0 Å². The Morgan fingerprint density at radius 3 is 2.38 bits per heavy atom. The molecule has 0 unspecified atom stereocenters. The molecule has 1 N–H and O–H groups in total. The number of nitro groups is 1. The molecule has 0 spiro atoms. The van der Waals surface area contributed by atoms with Gasteiger partial charge in [0.25, 0.3) is 15.8 Å². The normalized spacial score (nSPS) is 11.7. The minimum absolute atomic E-state index is 0.0410. The number of non-ortho nitro benzene ring substituents is 1. The van der Waals surface area contributed by atoms with Crippen LogP contribution in [0, 0.1) is 10.1 Å². The largest absolute Gasteiger partial charge is 0.294 e. The van der Waals surface area contributed by atoms with Crippen LogP contribution in [0.25, 0.3) is 0 Å². The van der Waals surface area contributed by atoms with Gasteiger partial charge in [-0.15, -0.1) is 0 Å². The first-order valence-electron chi connectivity index (χ1n) is 5.72. The summed E-state index contributed by atoms with van der Waals surface area (Å²) in [6, 6.07) is 11.2. The van der Waals surface area contributed by atoms with Crippen molar-refractivity contribution >= 4 is 27.7 Å². The lowest BCUT2D eigenvalue weighted by atomic mass is 10.2. The Bertz CT molecular complexity index is 798. The van der Waals surface area contributed by atoms with Gasteiger partial charge in [-0.25, -0.2) is 0 Å². The van der Waals surface area contributed by atoms with Crippen LogP contribution in [0.15, 0.2) is 58.4 Å². The summed E-state index contributed by atoms with van der Waals surface area (Å²) in [4.78, 5) is 14.0. The monoisotopic (exact) mass is 306 g/mol. The second kappa shape index (κ2) is 5.81. The minimum atomic E-state index is -4.23. The van der Waals surface area contributed by atoms with Crippen molar-refractivity contribution in [2.45, 2.75) is 4.90 Å². The van der Waals surface area contributed by atoms with E-state index in [0.29, 0.717) is 11.3 Å². The van der Waals surface area contributed by atoms with E-state index in [4.69, 9.17) is 4.55 Å². The maximum Gasteiger partial charge on any atom is 0.294 e. The second-order valence-electron chi connectivity index (χ2n) is 4.08. The molecular weight excluding hydrogens is 296 g/mol. The van der Waals surface area contributed by atoms with Crippen molar-refractivity contribution in [2.24, 2.45) is 4.99 Å². The van der Waals surface area contributed by atoms with Crippen molar-refractivity contribution in [3.05, 3.63) is 64.2 Å². The summed E-state index contributed by atoms with van der Waals surface area (Å²) in [6.07, 6.45) is 1.43. The van der Waals surface area contributed by atoms with Crippen molar-refractivity contribution in [1.82, 2.24) is 0 Å². The fourth-order valence-corrected chi connectivity index (χ4v) is 2.05. The Kier molecular flexibility index (Phi) is 4.10. The Morgan fingerprint density at radius 1 is 1.14 bits per heavy atom. The molecule has 0 aromatic heterocycles. The van der Waals surface area contributed by atoms with Gasteiger partial charge in [-0.05, 0) is 29.8 Å². The Morgan fingerprint density at radius 2 is 1.81 bits per heavy atom. The number of benzene rings is 2. The molecule has 2 aromatic rings. The van der Waals surface area contributed by atoms with E-state index in [9.17, 15) is 18.5 Å². The number of aliphatic imine (C=N–C) groups is 1. The number of nitrogens with zero attached hydrogens (tertiary/aromatic N) is 2. The van der Waals surface area contributed by atoms with Crippen LogP contribution < -0.4 is 0 Å². The molecule has 0 amide bonds. The average molecular weight is 306 g/mol. The first-order chi connectivity index (χ1) is 9.86. The molecule has 0 radical (unpaired) electrons. The standard InChI is InChI=1S/C13H10N2O5S/c16-15(17)12-3-1-2-10(8-12)9-14-11-4-6-13(7-5-11)21(18,19)20/h1-9H,(H,18,19,20). The zero-order valence-electron chi connectivity index (χ0n) is 10.6. The average Bonchev–Trinajstić information content (AvgIpc) is 2.45. The van der Waals surface area contributed by atoms with Gasteiger partial charge in [0.1, 0.15) is 0 Å². The Balaban J connectivity index is 2.22. The molecule has 2 rings (SSSR count). The van der Waals surface area contributed by atoms with Crippen molar-refractivity contribution in [3.63, 3.8) is 0 Å². The third-order valence-electron chi connectivity index (χ3n) is 2.58. The first kappa shape index (κ1) is 14.8. The molecule has 21 heavy (non-hydrogen) atoms. The molecule has 8 heteroatoms. The lowest BCUT2D eigenvalue weighted by molar-refractivity contribution is -0.384. The molecule has 2 aromatic carbocycles. The highest BCUT2D eigenvalue weighted by Crippen LogP contribution is 2.17. The van der Waals surface area contributed by atoms with Gasteiger partial charge < -0.3 is 0 Å². The molecular formula is C13H10N2O5S. The Hall–Kier alpha value is -2.58. The van der Waals surface area contributed by atoms with Crippen LogP contribution in [0.3, 0.4) is 0 Å². The lowest BCUT2D eigenvalue weighted by Gasteiger charge is -1.98. The summed E-state index contributed by atoms with van der Waals surface area (Å²) >= 11 is 0. The zero-order valence-corrected chi connectivity index (χ0v) is 11.4. The summed E-state index contributed by atoms with van der Waals surface area (Å²) in [6.45, 7) is 0. The van der Waals surface area contributed by atoms with Crippen LogP contribution in [0.2, 0.25) is 0 Å². The van der Waals surface area contributed by atoms with Crippen LogP contribution in [-0.4, -0.2) is 24.1 Å². The highest BCUT2D eigenvalue weighted by molar-refractivity contribution is 7.85. The lowest BCUT2D eigenvalue weighted by Crippen LogP contribution is -1.96. The van der Waals surface area contributed by atoms with Gasteiger partial charge in [-0.3, -0.25) is 19.7 Å². The zero-order chi connectivity index (χ0) is 15.5. The van der Waals surface area contributed by atoms with E-state index in [2.05, 4.69) is 4.99 Å². The smallest absolute Gasteiger partial charge is 0.282 e. The van der Waals surface area contributed by atoms with Crippen molar-refractivity contribution in [3.8, 4) is 0 Å². The number of rotatable bonds is 4. The third kappa shape index (κ3) is 3.94. The summed E-state index contributed by atoms with van der Waals surface area (Å²) in [5.41, 5.74) is 0.956. The topological polar surface area (TPSA) is 110 Å². The fourth-order valence-electron chi connectivity index (χ4n) is 1.57. The second-order valence-corrected chi connectivity index (χ2v) is 5.50. The fraction of sp³-hybridized carbons (Fsp3) is 0. The Labute approximate surface area is 120 Å². The van der Waals surface area contributed by atoms with Gasteiger partial charge >= 0.3 is 0 Å². The highest BCUT2D eigenvalue weighted by atomic mass is 32.2. The number of hydrogen-bond donors (Lipinski definition) is 1. The van der Waals surface area contributed by atoms with E-state index >= 15 is 0 Å². The quantitative estimate of drug-likeness (QED) is 0.404. The first-order valence-corrected chi connectivity index (χ1v) is 7.16. The predicted molar refractivity (Wildman–Crippen MR) is 76.6 cm³/mol.